The number of thioether (sulfide) groups is 1. The quantitative estimate of drug-likeness (QED) is 0.234. The Labute approximate surface area is 194 Å². The van der Waals surface area contributed by atoms with Crippen LogP contribution in [0.25, 0.3) is 6.08 Å². The molecule has 1 aromatic carbocycles. The molecule has 0 aliphatic carbocycles. The second-order valence-corrected chi connectivity index (χ2v) is 9.00. The molecular weight excluding hydrogens is 434 g/mol. The van der Waals surface area contributed by atoms with Crippen LogP contribution in [0.4, 0.5) is 0 Å². The highest BCUT2D eigenvalue weighted by Gasteiger charge is 2.38. The number of hydrogen-bond donors (Lipinski definition) is 1. The molecule has 0 spiro atoms. The van der Waals surface area contributed by atoms with E-state index in [2.05, 4.69) is 6.92 Å². The zero-order chi connectivity index (χ0) is 22.8. The van der Waals surface area contributed by atoms with Gasteiger partial charge in [-0.15, -0.1) is 0 Å². The fraction of sp³-hybridized carbons (Fsp3) is 0.522. The Hall–Kier alpha value is -2.06. The average molecular weight is 466 g/mol. The highest BCUT2D eigenvalue weighted by atomic mass is 32.2. The number of aliphatic carboxylic acids is 1. The van der Waals surface area contributed by atoms with Gasteiger partial charge in [0.1, 0.15) is 10.4 Å². The molecule has 8 heteroatoms. The van der Waals surface area contributed by atoms with Gasteiger partial charge in [-0.05, 0) is 44.0 Å². The molecule has 1 heterocycles. The Morgan fingerprint density at radius 2 is 1.87 bits per heavy atom. The Balaban J connectivity index is 2.06. The van der Waals surface area contributed by atoms with Crippen LogP contribution in [0.15, 0.2) is 23.1 Å². The summed E-state index contributed by atoms with van der Waals surface area (Å²) in [6.07, 6.45) is 8.88. The van der Waals surface area contributed by atoms with E-state index >= 15 is 0 Å². The Morgan fingerprint density at radius 3 is 2.55 bits per heavy atom. The van der Waals surface area contributed by atoms with Crippen molar-refractivity contribution in [2.24, 2.45) is 0 Å². The van der Waals surface area contributed by atoms with Crippen molar-refractivity contribution in [1.82, 2.24) is 4.90 Å². The van der Waals surface area contributed by atoms with Crippen molar-refractivity contribution in [3.63, 3.8) is 0 Å². The summed E-state index contributed by atoms with van der Waals surface area (Å²) in [7, 11) is 0. The number of carboxylic acids is 1. The molecular formula is C23H31NO5S2. The molecule has 0 aromatic heterocycles. The van der Waals surface area contributed by atoms with E-state index in [0.717, 1.165) is 35.1 Å². The number of thiocarbonyl (C=S) groups is 1. The van der Waals surface area contributed by atoms with Crippen molar-refractivity contribution >= 4 is 46.3 Å². The molecule has 1 amide bonds. The van der Waals surface area contributed by atoms with Gasteiger partial charge in [0.05, 0.1) is 18.1 Å². The fourth-order valence-corrected chi connectivity index (χ4v) is 4.56. The summed E-state index contributed by atoms with van der Waals surface area (Å²) < 4.78 is 11.9. The second-order valence-electron chi connectivity index (χ2n) is 7.32. The minimum Gasteiger partial charge on any atom is -0.490 e. The zero-order valence-electron chi connectivity index (χ0n) is 18.4. The average Bonchev–Trinajstić information content (AvgIpc) is 3.01. The van der Waals surface area contributed by atoms with Crippen LogP contribution in [0.2, 0.25) is 0 Å². The zero-order valence-corrected chi connectivity index (χ0v) is 20.0. The lowest BCUT2D eigenvalue weighted by molar-refractivity contribution is -0.144. The minimum atomic E-state index is -1.09. The number of carboxylic acid groups (broad SMARTS) is 1. The lowest BCUT2D eigenvalue weighted by Gasteiger charge is -2.18. The molecule has 1 aliphatic heterocycles. The summed E-state index contributed by atoms with van der Waals surface area (Å²) >= 11 is 6.31. The van der Waals surface area contributed by atoms with Crippen molar-refractivity contribution in [3.05, 3.63) is 28.7 Å². The molecule has 6 nitrogen and oxygen atoms in total. The second kappa shape index (κ2) is 12.7. The number of amides is 1. The molecule has 170 valence electrons. The van der Waals surface area contributed by atoms with Crippen molar-refractivity contribution in [3.8, 4) is 11.5 Å². The van der Waals surface area contributed by atoms with Gasteiger partial charge in [-0.3, -0.25) is 9.69 Å². The summed E-state index contributed by atoms with van der Waals surface area (Å²) in [5.74, 6) is -0.189. The van der Waals surface area contributed by atoms with E-state index in [4.69, 9.17) is 21.7 Å². The maximum absolute atomic E-state index is 12.6. The first kappa shape index (κ1) is 25.2. The summed E-state index contributed by atoms with van der Waals surface area (Å²) in [6.45, 7) is 6.69. The molecule has 1 saturated heterocycles. The highest BCUT2D eigenvalue weighted by molar-refractivity contribution is 8.26. The SMILES string of the molecule is CCCCCCCCOc1ccc(/C=C2/SC(=S)N(C(C)C(=O)O)C2=O)cc1OCC. The summed E-state index contributed by atoms with van der Waals surface area (Å²) in [4.78, 5) is 25.4. The summed E-state index contributed by atoms with van der Waals surface area (Å²) in [5, 5.41) is 9.21. The van der Waals surface area contributed by atoms with E-state index in [9.17, 15) is 14.7 Å². The van der Waals surface area contributed by atoms with Gasteiger partial charge in [0.2, 0.25) is 0 Å². The lowest BCUT2D eigenvalue weighted by atomic mass is 10.1. The minimum absolute atomic E-state index is 0.245. The monoisotopic (exact) mass is 465 g/mol. The number of ether oxygens (including phenoxy) is 2. The van der Waals surface area contributed by atoms with E-state index in [0.29, 0.717) is 29.6 Å². The van der Waals surface area contributed by atoms with E-state index in [1.54, 1.807) is 6.08 Å². The molecule has 1 unspecified atom stereocenters. The van der Waals surface area contributed by atoms with E-state index in [1.165, 1.54) is 32.6 Å². The number of rotatable bonds is 13. The topological polar surface area (TPSA) is 76.1 Å². The normalized spacial score (nSPS) is 16.1. The third-order valence-electron chi connectivity index (χ3n) is 4.89. The highest BCUT2D eigenvalue weighted by Crippen LogP contribution is 2.36. The van der Waals surface area contributed by atoms with Crippen molar-refractivity contribution in [2.75, 3.05) is 13.2 Å². The smallest absolute Gasteiger partial charge is 0.326 e. The van der Waals surface area contributed by atoms with Crippen molar-refractivity contribution < 1.29 is 24.2 Å². The molecule has 2 rings (SSSR count). The Bertz CT molecular complexity index is 824. The maximum Gasteiger partial charge on any atom is 0.326 e. The molecule has 1 fully saturated rings. The molecule has 31 heavy (non-hydrogen) atoms. The lowest BCUT2D eigenvalue weighted by Crippen LogP contribution is -2.41. The molecule has 0 radical (unpaired) electrons. The standard InChI is InChI=1S/C23H31NO5S2/c1-4-6-7-8-9-10-13-29-18-12-11-17(14-19(18)28-5-2)15-20-21(25)24(23(30)31-20)16(3)22(26)27/h11-12,14-16H,4-10,13H2,1-3H3,(H,26,27)/b20-15+. The van der Waals surface area contributed by atoms with Gasteiger partial charge in [0, 0.05) is 0 Å². The number of carbonyl (C=O) groups excluding carboxylic acids is 1. The van der Waals surface area contributed by atoms with Crippen LogP contribution >= 0.6 is 24.0 Å². The molecule has 1 aliphatic rings. The van der Waals surface area contributed by atoms with Crippen LogP contribution in [0.1, 0.15) is 64.9 Å². The number of carbonyl (C=O) groups is 2. The van der Waals surface area contributed by atoms with E-state index in [-0.39, 0.29) is 4.32 Å². The molecule has 0 bridgehead atoms. The van der Waals surface area contributed by atoms with Crippen molar-refractivity contribution in [1.29, 1.82) is 0 Å². The number of benzene rings is 1. The van der Waals surface area contributed by atoms with E-state index in [1.807, 2.05) is 25.1 Å². The van der Waals surface area contributed by atoms with Crippen LogP contribution in [-0.4, -0.2) is 45.5 Å². The van der Waals surface area contributed by atoms with Gasteiger partial charge in [0.15, 0.2) is 11.5 Å². The molecule has 1 aromatic rings. The first-order chi connectivity index (χ1) is 14.9. The summed E-state index contributed by atoms with van der Waals surface area (Å²) in [5.41, 5.74) is 0.763. The van der Waals surface area contributed by atoms with E-state index < -0.39 is 17.9 Å². The first-order valence-corrected chi connectivity index (χ1v) is 12.0. The predicted octanol–water partition coefficient (Wildman–Crippen LogP) is 5.50. The number of unbranched alkanes of at least 4 members (excludes halogenated alkanes) is 5. The Morgan fingerprint density at radius 1 is 1.16 bits per heavy atom. The van der Waals surface area contributed by atoms with Crippen LogP contribution in [0.3, 0.4) is 0 Å². The predicted molar refractivity (Wildman–Crippen MR) is 129 cm³/mol. The van der Waals surface area contributed by atoms with Crippen LogP contribution in [0, 0.1) is 0 Å². The van der Waals surface area contributed by atoms with Gasteiger partial charge in [0.25, 0.3) is 5.91 Å². The van der Waals surface area contributed by atoms with Gasteiger partial charge < -0.3 is 14.6 Å². The van der Waals surface area contributed by atoms with Crippen LogP contribution in [0.5, 0.6) is 11.5 Å². The van der Waals surface area contributed by atoms with Crippen molar-refractivity contribution in [2.45, 2.75) is 65.3 Å². The molecule has 1 atom stereocenters. The van der Waals surface area contributed by atoms with Gasteiger partial charge in [-0.2, -0.15) is 0 Å². The van der Waals surface area contributed by atoms with Gasteiger partial charge in [-0.1, -0.05) is 69.1 Å². The third-order valence-corrected chi connectivity index (χ3v) is 6.22. The number of nitrogens with zero attached hydrogens (tertiary/aromatic N) is 1. The molecule has 1 N–H and O–H groups in total. The first-order valence-electron chi connectivity index (χ1n) is 10.8. The fourth-order valence-electron chi connectivity index (χ4n) is 3.14. The molecule has 0 saturated carbocycles. The van der Waals surface area contributed by atoms with Crippen LogP contribution in [-0.2, 0) is 9.59 Å². The largest absolute Gasteiger partial charge is 0.490 e. The van der Waals surface area contributed by atoms with Gasteiger partial charge in [-0.25, -0.2) is 4.79 Å². The Kier molecular flexibility index (Phi) is 10.3. The maximum atomic E-state index is 12.6. The van der Waals surface area contributed by atoms with Crippen LogP contribution < -0.4 is 9.47 Å². The number of hydrogen-bond acceptors (Lipinski definition) is 6. The third kappa shape index (κ3) is 7.25. The summed E-state index contributed by atoms with van der Waals surface area (Å²) in [6, 6.07) is 4.52. The van der Waals surface area contributed by atoms with Gasteiger partial charge >= 0.3 is 5.97 Å².